The monoisotopic (exact) mass is 261 g/mol. The number of benzene rings is 1. The second-order valence-electron chi connectivity index (χ2n) is 5.18. The van der Waals surface area contributed by atoms with Crippen molar-refractivity contribution in [1.82, 2.24) is 5.32 Å². The highest BCUT2D eigenvalue weighted by Crippen LogP contribution is 2.22. The van der Waals surface area contributed by atoms with Crippen LogP contribution in [-0.2, 0) is 17.6 Å². The first-order valence-electron chi connectivity index (χ1n) is 7.27. The Morgan fingerprint density at radius 1 is 1.37 bits per heavy atom. The van der Waals surface area contributed by atoms with E-state index in [4.69, 9.17) is 4.74 Å². The average molecular weight is 261 g/mol. The van der Waals surface area contributed by atoms with E-state index in [1.54, 1.807) is 0 Å². The molecule has 3 nitrogen and oxygen atoms in total. The molecule has 1 amide bonds. The molecule has 1 N–H and O–H groups in total. The summed E-state index contributed by atoms with van der Waals surface area (Å²) in [5, 5.41) is 2.93. The van der Waals surface area contributed by atoms with Crippen LogP contribution >= 0.6 is 0 Å². The zero-order valence-electron chi connectivity index (χ0n) is 11.9. The third-order valence-corrected chi connectivity index (χ3v) is 3.35. The number of amides is 1. The molecule has 0 aliphatic heterocycles. The summed E-state index contributed by atoms with van der Waals surface area (Å²) in [4.78, 5) is 11.6. The maximum Gasteiger partial charge on any atom is 0.258 e. The van der Waals surface area contributed by atoms with E-state index in [2.05, 4.69) is 31.3 Å². The minimum absolute atomic E-state index is 0.00971. The Balaban J connectivity index is 1.95. The Morgan fingerprint density at radius 3 is 2.79 bits per heavy atom. The van der Waals surface area contributed by atoms with Crippen LogP contribution in [-0.4, -0.2) is 18.6 Å². The van der Waals surface area contributed by atoms with E-state index in [1.165, 1.54) is 11.1 Å². The fourth-order valence-electron chi connectivity index (χ4n) is 2.10. The van der Waals surface area contributed by atoms with Crippen LogP contribution in [0.5, 0.6) is 5.75 Å². The van der Waals surface area contributed by atoms with Crippen LogP contribution in [0.3, 0.4) is 0 Å². The quantitative estimate of drug-likeness (QED) is 0.819. The molecule has 0 atom stereocenters. The summed E-state index contributed by atoms with van der Waals surface area (Å²) in [6, 6.07) is 6.66. The van der Waals surface area contributed by atoms with Crippen LogP contribution in [0.15, 0.2) is 18.2 Å². The van der Waals surface area contributed by atoms with Gasteiger partial charge in [-0.15, -0.1) is 0 Å². The van der Waals surface area contributed by atoms with E-state index in [1.807, 2.05) is 6.07 Å². The first-order chi connectivity index (χ1) is 9.22. The Hall–Kier alpha value is -1.51. The summed E-state index contributed by atoms with van der Waals surface area (Å²) < 4.78 is 5.67. The highest BCUT2D eigenvalue weighted by Gasteiger charge is 2.23. The zero-order valence-corrected chi connectivity index (χ0v) is 11.9. The van der Waals surface area contributed by atoms with Gasteiger partial charge in [-0.3, -0.25) is 4.79 Å². The summed E-state index contributed by atoms with van der Waals surface area (Å²) in [5.41, 5.74) is 2.53. The number of rotatable bonds is 7. The van der Waals surface area contributed by atoms with Gasteiger partial charge in [0.25, 0.3) is 5.91 Å². The van der Waals surface area contributed by atoms with E-state index < -0.39 is 0 Å². The number of aryl methyl sites for hydroxylation is 2. The first kappa shape index (κ1) is 13.9. The zero-order chi connectivity index (χ0) is 13.7. The van der Waals surface area contributed by atoms with Gasteiger partial charge in [-0.05, 0) is 42.9 Å². The minimum Gasteiger partial charge on any atom is -0.483 e. The summed E-state index contributed by atoms with van der Waals surface area (Å²) in [7, 11) is 0. The molecule has 0 aromatic heterocycles. The van der Waals surface area contributed by atoms with Gasteiger partial charge in [0.1, 0.15) is 5.75 Å². The molecule has 1 saturated carbocycles. The van der Waals surface area contributed by atoms with Crippen LogP contribution < -0.4 is 10.1 Å². The molecule has 1 aromatic carbocycles. The predicted molar refractivity (Wildman–Crippen MR) is 76.5 cm³/mol. The van der Waals surface area contributed by atoms with Crippen molar-refractivity contribution in [1.29, 1.82) is 0 Å². The molecule has 0 heterocycles. The number of carbonyl (C=O) groups is 1. The molecular weight excluding hydrogens is 238 g/mol. The molecule has 0 saturated heterocycles. The molecule has 1 fully saturated rings. The number of carbonyl (C=O) groups excluding carboxylic acids is 1. The van der Waals surface area contributed by atoms with Crippen LogP contribution in [0.4, 0.5) is 0 Å². The molecule has 0 bridgehead atoms. The topological polar surface area (TPSA) is 38.3 Å². The summed E-state index contributed by atoms with van der Waals surface area (Å²) in [5.74, 6) is 0.842. The van der Waals surface area contributed by atoms with Gasteiger partial charge in [0.05, 0.1) is 0 Å². The Morgan fingerprint density at radius 2 is 2.16 bits per heavy atom. The van der Waals surface area contributed by atoms with Gasteiger partial charge in [-0.2, -0.15) is 0 Å². The molecular formula is C16H23NO2. The molecule has 1 aromatic rings. The van der Waals surface area contributed by atoms with Crippen LogP contribution in [0.25, 0.3) is 0 Å². The lowest BCUT2D eigenvalue weighted by molar-refractivity contribution is -0.123. The highest BCUT2D eigenvalue weighted by molar-refractivity contribution is 5.78. The van der Waals surface area contributed by atoms with Crippen molar-refractivity contribution in [2.24, 2.45) is 0 Å². The second kappa shape index (κ2) is 6.60. The van der Waals surface area contributed by atoms with E-state index >= 15 is 0 Å². The van der Waals surface area contributed by atoms with Crippen molar-refractivity contribution in [3.05, 3.63) is 29.3 Å². The van der Waals surface area contributed by atoms with Gasteiger partial charge in [-0.1, -0.05) is 32.4 Å². The van der Waals surface area contributed by atoms with Crippen molar-refractivity contribution >= 4 is 5.91 Å². The highest BCUT2D eigenvalue weighted by atomic mass is 16.5. The fraction of sp³-hybridized carbons (Fsp3) is 0.562. The number of ether oxygens (including phenoxy) is 1. The first-order valence-corrected chi connectivity index (χ1v) is 7.27. The third kappa shape index (κ3) is 4.27. The van der Waals surface area contributed by atoms with Gasteiger partial charge in [-0.25, -0.2) is 0 Å². The summed E-state index contributed by atoms with van der Waals surface area (Å²) >= 11 is 0. The van der Waals surface area contributed by atoms with E-state index in [0.717, 1.165) is 37.9 Å². The van der Waals surface area contributed by atoms with Crippen LogP contribution in [0.2, 0.25) is 0 Å². The van der Waals surface area contributed by atoms with Crippen LogP contribution in [0.1, 0.15) is 44.2 Å². The average Bonchev–Trinajstić information content (AvgIpc) is 3.21. The molecule has 2 rings (SSSR count). The van der Waals surface area contributed by atoms with Gasteiger partial charge >= 0.3 is 0 Å². The molecule has 0 unspecified atom stereocenters. The van der Waals surface area contributed by atoms with Crippen molar-refractivity contribution < 1.29 is 9.53 Å². The SMILES string of the molecule is CCCc1cc(CC)ccc1OCC(=O)NC1CC1. The van der Waals surface area contributed by atoms with Gasteiger partial charge in [0.15, 0.2) is 6.61 Å². The Bertz CT molecular complexity index is 438. The second-order valence-corrected chi connectivity index (χ2v) is 5.18. The number of nitrogens with one attached hydrogen (secondary N) is 1. The Kier molecular flexibility index (Phi) is 4.83. The lowest BCUT2D eigenvalue weighted by Crippen LogP contribution is -2.30. The normalized spacial score (nSPS) is 14.2. The maximum atomic E-state index is 11.6. The fourth-order valence-corrected chi connectivity index (χ4v) is 2.10. The molecule has 0 radical (unpaired) electrons. The lowest BCUT2D eigenvalue weighted by atomic mass is 10.0. The lowest BCUT2D eigenvalue weighted by Gasteiger charge is -2.12. The standard InChI is InChI=1S/C16H23NO2/c1-3-5-13-10-12(4-2)6-9-15(13)19-11-16(18)17-14-7-8-14/h6,9-10,14H,3-5,7-8,11H2,1-2H3,(H,17,18). The number of hydrogen-bond donors (Lipinski definition) is 1. The molecule has 1 aliphatic rings. The third-order valence-electron chi connectivity index (χ3n) is 3.35. The van der Waals surface area contributed by atoms with Gasteiger partial charge in [0.2, 0.25) is 0 Å². The molecule has 3 heteroatoms. The van der Waals surface area contributed by atoms with Gasteiger partial charge in [0, 0.05) is 6.04 Å². The molecule has 1 aliphatic carbocycles. The smallest absolute Gasteiger partial charge is 0.258 e. The molecule has 19 heavy (non-hydrogen) atoms. The van der Waals surface area contributed by atoms with E-state index in [-0.39, 0.29) is 12.5 Å². The van der Waals surface area contributed by atoms with Crippen molar-refractivity contribution in [2.45, 2.75) is 52.0 Å². The minimum atomic E-state index is -0.00971. The predicted octanol–water partition coefficient (Wildman–Crippen LogP) is 2.86. The Labute approximate surface area is 115 Å². The molecule has 104 valence electrons. The van der Waals surface area contributed by atoms with E-state index in [9.17, 15) is 4.79 Å². The van der Waals surface area contributed by atoms with Crippen LogP contribution in [0, 0.1) is 0 Å². The van der Waals surface area contributed by atoms with Crippen molar-refractivity contribution in [3.8, 4) is 5.75 Å². The van der Waals surface area contributed by atoms with E-state index in [0.29, 0.717) is 6.04 Å². The summed E-state index contributed by atoms with van der Waals surface area (Å²) in [6.07, 6.45) is 5.32. The largest absolute Gasteiger partial charge is 0.483 e. The molecule has 0 spiro atoms. The van der Waals surface area contributed by atoms with Crippen molar-refractivity contribution in [3.63, 3.8) is 0 Å². The van der Waals surface area contributed by atoms with Crippen molar-refractivity contribution in [2.75, 3.05) is 6.61 Å². The number of hydrogen-bond acceptors (Lipinski definition) is 2. The van der Waals surface area contributed by atoms with Gasteiger partial charge < -0.3 is 10.1 Å². The summed E-state index contributed by atoms with van der Waals surface area (Å²) in [6.45, 7) is 4.43. The maximum absolute atomic E-state index is 11.6.